The van der Waals surface area contributed by atoms with Crippen LogP contribution < -0.4 is 10.2 Å². The molecule has 1 aliphatic carbocycles. The van der Waals surface area contributed by atoms with Gasteiger partial charge < -0.3 is 15.1 Å². The van der Waals surface area contributed by atoms with Crippen molar-refractivity contribution >= 4 is 17.6 Å². The van der Waals surface area contributed by atoms with Crippen LogP contribution >= 0.6 is 0 Å². The number of amides is 2. The summed E-state index contributed by atoms with van der Waals surface area (Å²) in [6, 6.07) is 12.9. The topological polar surface area (TPSA) is 78.4 Å². The number of nitrogens with zero attached hydrogens (tertiary/aromatic N) is 4. The summed E-state index contributed by atoms with van der Waals surface area (Å²) in [5.74, 6) is 1.42. The second kappa shape index (κ2) is 8.37. The van der Waals surface area contributed by atoms with Gasteiger partial charge in [-0.15, -0.1) is 10.2 Å². The van der Waals surface area contributed by atoms with Crippen molar-refractivity contribution < 1.29 is 9.59 Å². The lowest BCUT2D eigenvalue weighted by molar-refractivity contribution is 0.0746. The third-order valence-electron chi connectivity index (χ3n) is 5.33. The van der Waals surface area contributed by atoms with Crippen LogP contribution in [0.4, 0.5) is 5.82 Å². The van der Waals surface area contributed by atoms with Gasteiger partial charge in [-0.1, -0.05) is 31.0 Å². The quantitative estimate of drug-likeness (QED) is 0.830. The average molecular weight is 379 g/mol. The predicted octanol–water partition coefficient (Wildman–Crippen LogP) is 1.97. The molecule has 1 aliphatic heterocycles. The van der Waals surface area contributed by atoms with Crippen molar-refractivity contribution in [1.29, 1.82) is 0 Å². The first-order valence-corrected chi connectivity index (χ1v) is 9.92. The molecular formula is C21H25N5O2. The highest BCUT2D eigenvalue weighted by atomic mass is 16.2. The van der Waals surface area contributed by atoms with Crippen molar-refractivity contribution in [1.82, 2.24) is 20.4 Å². The Balaban J connectivity index is 1.28. The van der Waals surface area contributed by atoms with Crippen molar-refractivity contribution in [3.8, 4) is 0 Å². The zero-order valence-corrected chi connectivity index (χ0v) is 15.9. The molecule has 2 heterocycles. The predicted molar refractivity (Wildman–Crippen MR) is 106 cm³/mol. The highest BCUT2D eigenvalue weighted by Crippen LogP contribution is 2.31. The van der Waals surface area contributed by atoms with Gasteiger partial charge in [0.15, 0.2) is 11.5 Å². The van der Waals surface area contributed by atoms with E-state index in [9.17, 15) is 9.59 Å². The molecule has 28 heavy (non-hydrogen) atoms. The molecule has 146 valence electrons. The zero-order valence-electron chi connectivity index (χ0n) is 15.9. The lowest BCUT2D eigenvalue weighted by Crippen LogP contribution is -2.49. The summed E-state index contributed by atoms with van der Waals surface area (Å²) >= 11 is 0. The number of hydrogen-bond acceptors (Lipinski definition) is 5. The molecule has 2 aromatic rings. The highest BCUT2D eigenvalue weighted by molar-refractivity contribution is 5.94. The van der Waals surface area contributed by atoms with Crippen molar-refractivity contribution in [2.45, 2.75) is 19.3 Å². The first-order chi connectivity index (χ1) is 13.7. The smallest absolute Gasteiger partial charge is 0.271 e. The molecule has 2 fully saturated rings. The Kier molecular flexibility index (Phi) is 5.50. The molecule has 0 spiro atoms. The maximum absolute atomic E-state index is 12.5. The Morgan fingerprint density at radius 3 is 2.36 bits per heavy atom. The van der Waals surface area contributed by atoms with E-state index in [1.807, 2.05) is 41.3 Å². The van der Waals surface area contributed by atoms with Crippen LogP contribution in [-0.2, 0) is 0 Å². The van der Waals surface area contributed by atoms with Crippen LogP contribution in [0.2, 0.25) is 0 Å². The zero-order chi connectivity index (χ0) is 19.3. The fraction of sp³-hybridized carbons (Fsp3) is 0.429. The van der Waals surface area contributed by atoms with E-state index in [-0.39, 0.29) is 11.8 Å². The largest absolute Gasteiger partial charge is 0.352 e. The van der Waals surface area contributed by atoms with Crippen molar-refractivity contribution in [2.24, 2.45) is 5.92 Å². The van der Waals surface area contributed by atoms with Gasteiger partial charge in [-0.2, -0.15) is 0 Å². The van der Waals surface area contributed by atoms with Gasteiger partial charge in [0.2, 0.25) is 0 Å². The lowest BCUT2D eigenvalue weighted by Gasteiger charge is -2.35. The van der Waals surface area contributed by atoms with E-state index in [1.165, 1.54) is 12.8 Å². The molecule has 0 unspecified atom stereocenters. The summed E-state index contributed by atoms with van der Waals surface area (Å²) in [6.45, 7) is 3.36. The van der Waals surface area contributed by atoms with Crippen molar-refractivity contribution in [3.05, 3.63) is 53.7 Å². The molecule has 0 atom stereocenters. The summed E-state index contributed by atoms with van der Waals surface area (Å²) < 4.78 is 0. The van der Waals surface area contributed by atoms with Crippen LogP contribution in [0.1, 0.15) is 40.1 Å². The van der Waals surface area contributed by atoms with E-state index in [0.29, 0.717) is 44.0 Å². The minimum absolute atomic E-state index is 0.0598. The number of piperazine rings is 1. The SMILES string of the molecule is O=C(NCCC1CC1)c1ccc(N2CCN(C(=O)c3ccccc3)CC2)nn1. The molecule has 0 bridgehead atoms. The van der Waals surface area contributed by atoms with Gasteiger partial charge in [-0.25, -0.2) is 0 Å². The third-order valence-corrected chi connectivity index (χ3v) is 5.33. The number of anilines is 1. The molecule has 7 heteroatoms. The molecule has 1 saturated carbocycles. The van der Waals surface area contributed by atoms with Crippen molar-refractivity contribution in [2.75, 3.05) is 37.6 Å². The van der Waals surface area contributed by atoms with Crippen LogP contribution in [0, 0.1) is 5.92 Å². The van der Waals surface area contributed by atoms with Crippen LogP contribution in [0.25, 0.3) is 0 Å². The first kappa shape index (κ1) is 18.4. The van der Waals surface area contributed by atoms with Gasteiger partial charge >= 0.3 is 0 Å². The van der Waals surface area contributed by atoms with Crippen LogP contribution in [-0.4, -0.2) is 59.6 Å². The highest BCUT2D eigenvalue weighted by Gasteiger charge is 2.23. The standard InChI is InChI=1S/C21H25N5O2/c27-20(22-11-10-16-6-7-16)18-8-9-19(24-23-18)25-12-14-26(15-13-25)21(28)17-4-2-1-3-5-17/h1-5,8-9,16H,6-7,10-15H2,(H,22,27). The molecule has 0 radical (unpaired) electrons. The fourth-order valence-electron chi connectivity index (χ4n) is 3.40. The molecule has 1 saturated heterocycles. The van der Waals surface area contributed by atoms with Gasteiger partial charge in [-0.3, -0.25) is 9.59 Å². The number of hydrogen-bond donors (Lipinski definition) is 1. The van der Waals surface area contributed by atoms with Crippen LogP contribution in [0.3, 0.4) is 0 Å². The van der Waals surface area contributed by atoms with E-state index in [2.05, 4.69) is 20.4 Å². The van der Waals surface area contributed by atoms with Crippen LogP contribution in [0.15, 0.2) is 42.5 Å². The fourth-order valence-corrected chi connectivity index (χ4v) is 3.40. The Labute approximate surface area is 164 Å². The van der Waals surface area contributed by atoms with Crippen molar-refractivity contribution in [3.63, 3.8) is 0 Å². The number of carbonyl (C=O) groups excluding carboxylic acids is 2. The number of rotatable bonds is 6. The second-order valence-corrected chi connectivity index (χ2v) is 7.41. The number of aromatic nitrogens is 2. The average Bonchev–Trinajstić information content (AvgIpc) is 3.58. The lowest BCUT2D eigenvalue weighted by atomic mass is 10.2. The Hall–Kier alpha value is -2.96. The molecule has 1 N–H and O–H groups in total. The van der Waals surface area contributed by atoms with E-state index < -0.39 is 0 Å². The summed E-state index contributed by atoms with van der Waals surface area (Å²) in [7, 11) is 0. The van der Waals surface area contributed by atoms with E-state index in [4.69, 9.17) is 0 Å². The van der Waals surface area contributed by atoms with Gasteiger partial charge in [0, 0.05) is 38.3 Å². The van der Waals surface area contributed by atoms with Gasteiger partial charge in [0.25, 0.3) is 11.8 Å². The van der Waals surface area contributed by atoms with Crippen LogP contribution in [0.5, 0.6) is 0 Å². The van der Waals surface area contributed by atoms with E-state index in [0.717, 1.165) is 18.2 Å². The molecular weight excluding hydrogens is 354 g/mol. The summed E-state index contributed by atoms with van der Waals surface area (Å²) in [5.41, 5.74) is 1.06. The van der Waals surface area contributed by atoms with Gasteiger partial charge in [0.05, 0.1) is 0 Å². The Bertz CT molecular complexity index is 812. The monoisotopic (exact) mass is 379 g/mol. The maximum Gasteiger partial charge on any atom is 0.271 e. The Morgan fingerprint density at radius 1 is 0.964 bits per heavy atom. The summed E-state index contributed by atoms with van der Waals surface area (Å²) in [4.78, 5) is 28.6. The molecule has 2 aliphatic rings. The van der Waals surface area contributed by atoms with Gasteiger partial charge in [0.1, 0.15) is 0 Å². The molecule has 1 aromatic carbocycles. The van der Waals surface area contributed by atoms with Gasteiger partial charge in [-0.05, 0) is 36.6 Å². The molecule has 7 nitrogen and oxygen atoms in total. The number of carbonyl (C=O) groups is 2. The summed E-state index contributed by atoms with van der Waals surface area (Å²) in [6.07, 6.45) is 3.62. The second-order valence-electron chi connectivity index (χ2n) is 7.41. The normalized spacial score (nSPS) is 16.7. The molecule has 2 amide bonds. The number of benzene rings is 1. The molecule has 4 rings (SSSR count). The maximum atomic E-state index is 12.5. The Morgan fingerprint density at radius 2 is 1.71 bits per heavy atom. The summed E-state index contributed by atoms with van der Waals surface area (Å²) in [5, 5.41) is 11.2. The van der Waals surface area contributed by atoms with E-state index >= 15 is 0 Å². The minimum atomic E-state index is -0.169. The minimum Gasteiger partial charge on any atom is -0.352 e. The number of nitrogens with one attached hydrogen (secondary N) is 1. The molecule has 1 aromatic heterocycles. The van der Waals surface area contributed by atoms with E-state index in [1.54, 1.807) is 6.07 Å². The first-order valence-electron chi connectivity index (χ1n) is 9.92. The third kappa shape index (κ3) is 4.47.